The van der Waals surface area contributed by atoms with Crippen molar-refractivity contribution >= 4 is 28.1 Å². The number of nitro benzene ring substituents is 1. The number of benzene rings is 1. The number of sulfonamides is 1. The molecule has 0 saturated carbocycles. The molecule has 1 atom stereocenters. The average Bonchev–Trinajstić information content (AvgIpc) is 2.27. The molecule has 0 amide bonds. The van der Waals surface area contributed by atoms with Crippen molar-refractivity contribution in [3.63, 3.8) is 0 Å². The van der Waals surface area contributed by atoms with Gasteiger partial charge in [0.25, 0.3) is 5.69 Å². The number of nitrogens with zero attached hydrogens (tertiary/aromatic N) is 1. The normalized spacial score (nSPS) is 12.6. The van der Waals surface area contributed by atoms with Crippen LogP contribution in [0.1, 0.15) is 13.3 Å². The standard InChI is InChI=1S/C10H14FN3O4S.ClH/c1-7(12)5-6-13-19(17,18)10-8(11)3-2-4-9(10)14(15)16;/h2-4,7,13H,5-6,12H2,1H3;1H. The number of rotatable bonds is 6. The maximum absolute atomic E-state index is 13.5. The highest BCUT2D eigenvalue weighted by Crippen LogP contribution is 2.25. The van der Waals surface area contributed by atoms with Crippen LogP contribution in [0.5, 0.6) is 0 Å². The van der Waals surface area contributed by atoms with Crippen LogP contribution in [0.4, 0.5) is 10.1 Å². The van der Waals surface area contributed by atoms with E-state index < -0.39 is 31.3 Å². The predicted octanol–water partition coefficient (Wildman–Crippen LogP) is 1.17. The molecule has 0 aliphatic rings. The van der Waals surface area contributed by atoms with Gasteiger partial charge in [0.2, 0.25) is 10.0 Å². The molecule has 0 aliphatic carbocycles. The largest absolute Gasteiger partial charge is 0.328 e. The van der Waals surface area contributed by atoms with E-state index >= 15 is 0 Å². The third-order valence-corrected chi connectivity index (χ3v) is 3.83. The van der Waals surface area contributed by atoms with Crippen molar-refractivity contribution in [3.8, 4) is 0 Å². The molecule has 1 aromatic carbocycles. The van der Waals surface area contributed by atoms with E-state index in [-0.39, 0.29) is 25.0 Å². The summed E-state index contributed by atoms with van der Waals surface area (Å²) in [4.78, 5) is 8.83. The van der Waals surface area contributed by atoms with Crippen LogP contribution in [0.2, 0.25) is 0 Å². The number of halogens is 2. The van der Waals surface area contributed by atoms with E-state index in [4.69, 9.17) is 5.73 Å². The quantitative estimate of drug-likeness (QED) is 0.601. The second kappa shape index (κ2) is 7.48. The number of nitrogens with two attached hydrogens (primary N) is 1. The fraction of sp³-hybridized carbons (Fsp3) is 0.400. The Morgan fingerprint density at radius 3 is 2.60 bits per heavy atom. The molecule has 0 aromatic heterocycles. The molecular formula is C10H15ClFN3O4S. The summed E-state index contributed by atoms with van der Waals surface area (Å²) in [6.07, 6.45) is 0.335. The molecule has 0 spiro atoms. The van der Waals surface area contributed by atoms with Gasteiger partial charge < -0.3 is 5.73 Å². The predicted molar refractivity (Wildman–Crippen MR) is 73.8 cm³/mol. The van der Waals surface area contributed by atoms with Gasteiger partial charge >= 0.3 is 0 Å². The minimum Gasteiger partial charge on any atom is -0.328 e. The van der Waals surface area contributed by atoms with Gasteiger partial charge in [-0.05, 0) is 19.4 Å². The van der Waals surface area contributed by atoms with Crippen LogP contribution in [0.15, 0.2) is 23.1 Å². The Hall–Kier alpha value is -1.29. The van der Waals surface area contributed by atoms with E-state index in [1.54, 1.807) is 6.92 Å². The van der Waals surface area contributed by atoms with E-state index in [0.717, 1.165) is 18.2 Å². The lowest BCUT2D eigenvalue weighted by Crippen LogP contribution is -2.30. The fourth-order valence-electron chi connectivity index (χ4n) is 1.40. The first-order chi connectivity index (χ1) is 8.75. The smallest absolute Gasteiger partial charge is 0.292 e. The Morgan fingerprint density at radius 1 is 1.50 bits per heavy atom. The van der Waals surface area contributed by atoms with Gasteiger partial charge in [-0.25, -0.2) is 17.5 Å². The molecular weight excluding hydrogens is 313 g/mol. The summed E-state index contributed by atoms with van der Waals surface area (Å²) in [5.74, 6) is -1.16. The van der Waals surface area contributed by atoms with Gasteiger partial charge in [0.1, 0.15) is 5.82 Å². The van der Waals surface area contributed by atoms with Crippen LogP contribution in [-0.4, -0.2) is 25.9 Å². The summed E-state index contributed by atoms with van der Waals surface area (Å²) in [6.45, 7) is 1.66. The molecule has 1 aromatic rings. The molecule has 3 N–H and O–H groups in total. The number of nitro groups is 1. The van der Waals surface area contributed by atoms with E-state index in [2.05, 4.69) is 4.72 Å². The van der Waals surface area contributed by atoms with Crippen LogP contribution in [0, 0.1) is 15.9 Å². The molecule has 1 rings (SSSR count). The first-order valence-corrected chi connectivity index (χ1v) is 6.92. The molecule has 1 unspecified atom stereocenters. The third kappa shape index (κ3) is 4.67. The van der Waals surface area contributed by atoms with E-state index in [0.29, 0.717) is 6.42 Å². The molecule has 0 bridgehead atoms. The molecule has 0 aliphatic heterocycles. The molecule has 10 heteroatoms. The molecule has 114 valence electrons. The Bertz CT molecular complexity index is 580. The van der Waals surface area contributed by atoms with Gasteiger partial charge in [0, 0.05) is 18.7 Å². The number of hydrogen-bond acceptors (Lipinski definition) is 5. The first-order valence-electron chi connectivity index (χ1n) is 5.44. The van der Waals surface area contributed by atoms with Crippen LogP contribution in [0.25, 0.3) is 0 Å². The minimum absolute atomic E-state index is 0. The van der Waals surface area contributed by atoms with E-state index in [1.165, 1.54) is 0 Å². The number of hydrogen-bond donors (Lipinski definition) is 2. The van der Waals surface area contributed by atoms with Gasteiger partial charge in [0.05, 0.1) is 4.92 Å². The first kappa shape index (κ1) is 18.7. The maximum atomic E-state index is 13.5. The monoisotopic (exact) mass is 327 g/mol. The highest BCUT2D eigenvalue weighted by molar-refractivity contribution is 7.89. The Morgan fingerprint density at radius 2 is 2.10 bits per heavy atom. The lowest BCUT2D eigenvalue weighted by molar-refractivity contribution is -0.388. The fourth-order valence-corrected chi connectivity index (χ4v) is 2.67. The van der Waals surface area contributed by atoms with Crippen molar-refractivity contribution in [1.82, 2.24) is 4.72 Å². The zero-order valence-electron chi connectivity index (χ0n) is 10.6. The van der Waals surface area contributed by atoms with Gasteiger partial charge in [-0.15, -0.1) is 12.4 Å². The molecule has 20 heavy (non-hydrogen) atoms. The van der Waals surface area contributed by atoms with Crippen molar-refractivity contribution < 1.29 is 17.7 Å². The second-order valence-electron chi connectivity index (χ2n) is 4.01. The van der Waals surface area contributed by atoms with Gasteiger partial charge in [-0.2, -0.15) is 0 Å². The Balaban J connectivity index is 0.00000361. The van der Waals surface area contributed by atoms with E-state index in [1.807, 2.05) is 0 Å². The van der Waals surface area contributed by atoms with Crippen LogP contribution < -0.4 is 10.5 Å². The van der Waals surface area contributed by atoms with Crippen molar-refractivity contribution in [3.05, 3.63) is 34.1 Å². The topological polar surface area (TPSA) is 115 Å². The number of nitrogens with one attached hydrogen (secondary N) is 1. The Kier molecular flexibility index (Phi) is 7.00. The third-order valence-electron chi connectivity index (χ3n) is 2.30. The zero-order chi connectivity index (χ0) is 14.6. The zero-order valence-corrected chi connectivity index (χ0v) is 12.2. The highest BCUT2D eigenvalue weighted by Gasteiger charge is 2.29. The van der Waals surface area contributed by atoms with Gasteiger partial charge in [0.15, 0.2) is 4.90 Å². The lowest BCUT2D eigenvalue weighted by Gasteiger charge is -2.09. The molecule has 0 heterocycles. The summed E-state index contributed by atoms with van der Waals surface area (Å²) >= 11 is 0. The molecule has 7 nitrogen and oxygen atoms in total. The minimum atomic E-state index is -4.28. The Labute approximate surface area is 122 Å². The summed E-state index contributed by atoms with van der Waals surface area (Å²) in [5, 5.41) is 10.7. The van der Waals surface area contributed by atoms with E-state index in [9.17, 15) is 22.9 Å². The van der Waals surface area contributed by atoms with Crippen molar-refractivity contribution in [2.75, 3.05) is 6.54 Å². The highest BCUT2D eigenvalue weighted by atomic mass is 35.5. The van der Waals surface area contributed by atoms with Gasteiger partial charge in [-0.3, -0.25) is 10.1 Å². The second-order valence-corrected chi connectivity index (χ2v) is 5.71. The summed E-state index contributed by atoms with van der Waals surface area (Å²) in [6, 6.07) is 2.63. The molecule has 0 radical (unpaired) electrons. The van der Waals surface area contributed by atoms with Crippen molar-refractivity contribution in [2.45, 2.75) is 24.3 Å². The van der Waals surface area contributed by atoms with Crippen LogP contribution in [0.3, 0.4) is 0 Å². The SMILES string of the molecule is CC(N)CCNS(=O)(=O)c1c(F)cccc1[N+](=O)[O-].Cl. The summed E-state index contributed by atoms with van der Waals surface area (Å²) in [7, 11) is -4.28. The van der Waals surface area contributed by atoms with Crippen molar-refractivity contribution in [2.24, 2.45) is 5.73 Å². The van der Waals surface area contributed by atoms with Gasteiger partial charge in [-0.1, -0.05) is 6.07 Å². The van der Waals surface area contributed by atoms with Crippen LogP contribution in [-0.2, 0) is 10.0 Å². The molecule has 0 saturated heterocycles. The maximum Gasteiger partial charge on any atom is 0.292 e. The average molecular weight is 328 g/mol. The summed E-state index contributed by atoms with van der Waals surface area (Å²) < 4.78 is 39.4. The van der Waals surface area contributed by atoms with Crippen LogP contribution >= 0.6 is 12.4 Å². The molecule has 0 fully saturated rings. The van der Waals surface area contributed by atoms with Crippen molar-refractivity contribution in [1.29, 1.82) is 0 Å². The summed E-state index contributed by atoms with van der Waals surface area (Å²) in [5.41, 5.74) is 4.65. The lowest BCUT2D eigenvalue weighted by atomic mass is 10.3.